The zero-order chi connectivity index (χ0) is 25.3. The van der Waals surface area contributed by atoms with E-state index in [1.165, 1.54) is 7.11 Å². The summed E-state index contributed by atoms with van der Waals surface area (Å²) in [6, 6.07) is 14.9. The third kappa shape index (κ3) is 5.04. The summed E-state index contributed by atoms with van der Waals surface area (Å²) in [6.07, 6.45) is 7.26. The summed E-state index contributed by atoms with van der Waals surface area (Å²) >= 11 is 5.84. The lowest BCUT2D eigenvalue weighted by molar-refractivity contribution is 0.0961. The Labute approximate surface area is 216 Å². The van der Waals surface area contributed by atoms with E-state index in [1.807, 2.05) is 35.2 Å². The highest BCUT2D eigenvalue weighted by Crippen LogP contribution is 2.43. The maximum Gasteiger partial charge on any atom is 0.229 e. The summed E-state index contributed by atoms with van der Waals surface area (Å²) in [4.78, 5) is 6.66. The fraction of sp³-hybridized carbons (Fsp3) is 0.360. The molecule has 2 fully saturated rings. The summed E-state index contributed by atoms with van der Waals surface area (Å²) < 4.78 is 39.8. The minimum Gasteiger partial charge on any atom is -0.494 e. The van der Waals surface area contributed by atoms with Gasteiger partial charge in [0.2, 0.25) is 10.0 Å². The van der Waals surface area contributed by atoms with Gasteiger partial charge < -0.3 is 24.3 Å². The van der Waals surface area contributed by atoms with Gasteiger partial charge >= 0.3 is 0 Å². The standard InChI is InChI=1S/C25H29N5O4S2/c1-33-22-15-17(10-11-19(22)28-36(2,31)32)30-24(23(27-25(30)35)20-8-3-4-12-26-20)21-9-5-13-29(21)16-18-7-6-14-34-18/h3-5,8-13,15,18,23-24,28H,6-7,14,16H2,1-2H3,(H,27,35)/t18-,23-,24-/m0/s1. The second kappa shape index (κ2) is 10.1. The number of benzene rings is 1. The van der Waals surface area contributed by atoms with Crippen LogP contribution in [0, 0.1) is 0 Å². The number of rotatable bonds is 8. The number of aromatic nitrogens is 2. The summed E-state index contributed by atoms with van der Waals surface area (Å²) in [5.74, 6) is 0.399. The number of thiocarbonyl (C=S) groups is 1. The van der Waals surface area contributed by atoms with Crippen molar-refractivity contribution in [2.24, 2.45) is 0 Å². The fourth-order valence-corrected chi connectivity index (χ4v) is 5.83. The van der Waals surface area contributed by atoms with Crippen LogP contribution in [0.5, 0.6) is 5.75 Å². The zero-order valence-corrected chi connectivity index (χ0v) is 21.8. The van der Waals surface area contributed by atoms with Gasteiger partial charge in [-0.1, -0.05) is 6.07 Å². The second-order valence-corrected chi connectivity index (χ2v) is 11.1. The molecule has 2 aliphatic rings. The number of nitrogens with one attached hydrogen (secondary N) is 2. The highest BCUT2D eigenvalue weighted by atomic mass is 32.2. The lowest BCUT2D eigenvalue weighted by Gasteiger charge is -2.30. The lowest BCUT2D eigenvalue weighted by atomic mass is 10.0. The predicted octanol–water partition coefficient (Wildman–Crippen LogP) is 3.62. The number of methoxy groups -OCH3 is 1. The summed E-state index contributed by atoms with van der Waals surface area (Å²) in [5.41, 5.74) is 3.09. The van der Waals surface area contributed by atoms with Gasteiger partial charge in [0.05, 0.1) is 36.9 Å². The van der Waals surface area contributed by atoms with Crippen molar-refractivity contribution in [2.45, 2.75) is 37.6 Å². The largest absolute Gasteiger partial charge is 0.494 e. The zero-order valence-electron chi connectivity index (χ0n) is 20.1. The number of nitrogens with zero attached hydrogens (tertiary/aromatic N) is 3. The van der Waals surface area contributed by atoms with Crippen molar-refractivity contribution in [3.8, 4) is 5.75 Å². The third-order valence-corrected chi connectivity index (χ3v) is 7.35. The number of ether oxygens (including phenoxy) is 2. The monoisotopic (exact) mass is 527 g/mol. The molecule has 190 valence electrons. The molecule has 0 spiro atoms. The van der Waals surface area contributed by atoms with Crippen LogP contribution in [0.15, 0.2) is 60.9 Å². The van der Waals surface area contributed by atoms with Crippen molar-refractivity contribution in [3.05, 3.63) is 72.3 Å². The first kappa shape index (κ1) is 24.5. The Morgan fingerprint density at radius 2 is 2.11 bits per heavy atom. The smallest absolute Gasteiger partial charge is 0.229 e. The SMILES string of the molecule is COc1cc(N2C(=S)N[C@@H](c3ccccn3)[C@@H]2c2cccn2C[C@@H]2CCCO2)ccc1NS(C)(=O)=O. The van der Waals surface area contributed by atoms with Gasteiger partial charge in [0, 0.05) is 43.0 Å². The molecule has 11 heteroatoms. The minimum atomic E-state index is -3.47. The second-order valence-electron chi connectivity index (χ2n) is 8.98. The van der Waals surface area contributed by atoms with Gasteiger partial charge in [-0.2, -0.15) is 0 Å². The fourth-order valence-electron chi connectivity index (χ4n) is 4.92. The molecule has 1 aromatic carbocycles. The third-order valence-electron chi connectivity index (χ3n) is 6.45. The molecule has 2 N–H and O–H groups in total. The van der Waals surface area contributed by atoms with Crippen LogP contribution in [0.1, 0.15) is 36.3 Å². The van der Waals surface area contributed by atoms with Crippen LogP contribution < -0.4 is 19.7 Å². The highest BCUT2D eigenvalue weighted by molar-refractivity contribution is 7.92. The van der Waals surface area contributed by atoms with Crippen molar-refractivity contribution < 1.29 is 17.9 Å². The van der Waals surface area contributed by atoms with Crippen LogP contribution in [-0.2, 0) is 21.3 Å². The predicted molar refractivity (Wildman–Crippen MR) is 143 cm³/mol. The molecule has 0 amide bonds. The number of pyridine rings is 1. The van der Waals surface area contributed by atoms with E-state index >= 15 is 0 Å². The van der Waals surface area contributed by atoms with Gasteiger partial charge in [-0.15, -0.1) is 0 Å². The Balaban J connectivity index is 1.57. The number of hydrogen-bond donors (Lipinski definition) is 2. The van der Waals surface area contributed by atoms with Gasteiger partial charge in [-0.05, 0) is 61.5 Å². The van der Waals surface area contributed by atoms with Gasteiger partial charge in [0.25, 0.3) is 0 Å². The van der Waals surface area contributed by atoms with Crippen LogP contribution >= 0.6 is 12.2 Å². The summed E-state index contributed by atoms with van der Waals surface area (Å²) in [6.45, 7) is 1.56. The molecule has 2 aromatic heterocycles. The molecule has 0 unspecified atom stereocenters. The van der Waals surface area contributed by atoms with Crippen molar-refractivity contribution in [2.75, 3.05) is 29.6 Å². The average Bonchev–Trinajstić information content (AvgIpc) is 3.60. The number of hydrogen-bond acceptors (Lipinski definition) is 6. The number of sulfonamides is 1. The van der Waals surface area contributed by atoms with E-state index < -0.39 is 10.0 Å². The molecule has 2 aliphatic heterocycles. The first-order chi connectivity index (χ1) is 17.3. The van der Waals surface area contributed by atoms with E-state index in [0.29, 0.717) is 16.5 Å². The Kier molecular flexibility index (Phi) is 6.87. The molecule has 0 radical (unpaired) electrons. The van der Waals surface area contributed by atoms with Crippen molar-refractivity contribution >= 4 is 38.7 Å². The maximum atomic E-state index is 11.8. The van der Waals surface area contributed by atoms with Crippen molar-refractivity contribution in [1.29, 1.82) is 0 Å². The van der Waals surface area contributed by atoms with E-state index in [-0.39, 0.29) is 18.2 Å². The molecule has 2 saturated heterocycles. The number of anilines is 2. The molecule has 36 heavy (non-hydrogen) atoms. The van der Waals surface area contributed by atoms with Gasteiger partial charge in [-0.25, -0.2) is 8.42 Å². The molecule has 0 bridgehead atoms. The summed E-state index contributed by atoms with van der Waals surface area (Å²) in [7, 11) is -1.96. The van der Waals surface area contributed by atoms with Crippen LogP contribution in [-0.4, -0.2) is 49.2 Å². The maximum absolute atomic E-state index is 11.8. The molecule has 0 saturated carbocycles. The van der Waals surface area contributed by atoms with Crippen molar-refractivity contribution in [3.63, 3.8) is 0 Å². The van der Waals surface area contributed by atoms with Crippen LogP contribution in [0.25, 0.3) is 0 Å². The van der Waals surface area contributed by atoms with E-state index in [2.05, 4.69) is 31.9 Å². The molecule has 4 heterocycles. The van der Waals surface area contributed by atoms with E-state index in [9.17, 15) is 8.42 Å². The van der Waals surface area contributed by atoms with Gasteiger partial charge in [0.1, 0.15) is 11.8 Å². The van der Waals surface area contributed by atoms with Gasteiger partial charge in [0.15, 0.2) is 5.11 Å². The lowest BCUT2D eigenvalue weighted by Crippen LogP contribution is -2.31. The Morgan fingerprint density at radius 3 is 2.81 bits per heavy atom. The molecule has 5 rings (SSSR count). The Hall–Kier alpha value is -3.15. The van der Waals surface area contributed by atoms with Crippen molar-refractivity contribution in [1.82, 2.24) is 14.9 Å². The first-order valence-electron chi connectivity index (χ1n) is 11.8. The Bertz CT molecular complexity index is 1340. The molecular formula is C25H29N5O4S2. The van der Waals surface area contributed by atoms with Crippen LogP contribution in [0.3, 0.4) is 0 Å². The molecule has 3 atom stereocenters. The highest BCUT2D eigenvalue weighted by Gasteiger charge is 2.42. The van der Waals surface area contributed by atoms with E-state index in [1.54, 1.807) is 18.3 Å². The quantitative estimate of drug-likeness (QED) is 0.429. The van der Waals surface area contributed by atoms with Crippen LogP contribution in [0.4, 0.5) is 11.4 Å². The minimum absolute atomic E-state index is 0.181. The summed E-state index contributed by atoms with van der Waals surface area (Å²) in [5, 5.41) is 4.01. The molecule has 0 aliphatic carbocycles. The molecule has 9 nitrogen and oxygen atoms in total. The van der Waals surface area contributed by atoms with Gasteiger partial charge in [-0.3, -0.25) is 9.71 Å². The molecular weight excluding hydrogens is 498 g/mol. The molecule has 3 aromatic rings. The normalized spacial score (nSPS) is 22.0. The van der Waals surface area contributed by atoms with E-state index in [0.717, 1.165) is 49.3 Å². The van der Waals surface area contributed by atoms with E-state index in [4.69, 9.17) is 21.7 Å². The first-order valence-corrected chi connectivity index (χ1v) is 14.1. The Morgan fingerprint density at radius 1 is 1.25 bits per heavy atom. The average molecular weight is 528 g/mol. The topological polar surface area (TPSA) is 97.7 Å². The van der Waals surface area contributed by atoms with Crippen LogP contribution in [0.2, 0.25) is 0 Å².